The van der Waals surface area contributed by atoms with E-state index in [1.807, 2.05) is 0 Å². The summed E-state index contributed by atoms with van der Waals surface area (Å²) < 4.78 is 29.9. The fourth-order valence-electron chi connectivity index (χ4n) is 1.62. The van der Waals surface area contributed by atoms with E-state index in [9.17, 15) is 28.2 Å². The summed E-state index contributed by atoms with van der Waals surface area (Å²) in [5.74, 6) is -4.12. The van der Waals surface area contributed by atoms with Gasteiger partial charge in [0.25, 0.3) is 10.1 Å². The van der Waals surface area contributed by atoms with Gasteiger partial charge in [0.2, 0.25) is 0 Å². The van der Waals surface area contributed by atoms with Crippen molar-refractivity contribution in [1.29, 1.82) is 0 Å². The van der Waals surface area contributed by atoms with Crippen molar-refractivity contribution >= 4 is 22.1 Å². The van der Waals surface area contributed by atoms with Gasteiger partial charge in [0, 0.05) is 17.4 Å². The Morgan fingerprint density at radius 3 is 2.06 bits per heavy atom. The van der Waals surface area contributed by atoms with Crippen molar-refractivity contribution < 1.29 is 32.8 Å². The Morgan fingerprint density at radius 1 is 1.22 bits per heavy atom. The molecule has 0 heterocycles. The lowest BCUT2D eigenvalue weighted by atomic mass is 9.75. The first-order chi connectivity index (χ1) is 7.97. The van der Waals surface area contributed by atoms with Crippen molar-refractivity contribution in [1.82, 2.24) is 0 Å². The summed E-state index contributed by atoms with van der Waals surface area (Å²) in [5.41, 5.74) is -1.39. The lowest BCUT2D eigenvalue weighted by Crippen LogP contribution is -2.44. The molecule has 0 radical (unpaired) electrons. The quantitative estimate of drug-likeness (QED) is 0.517. The number of rotatable bonds is 8. The van der Waals surface area contributed by atoms with E-state index in [-0.39, 0.29) is 19.3 Å². The van der Waals surface area contributed by atoms with Crippen LogP contribution in [0.25, 0.3) is 0 Å². The molecule has 0 spiro atoms. The molecule has 18 heavy (non-hydrogen) atoms. The van der Waals surface area contributed by atoms with Crippen LogP contribution < -0.4 is 10.2 Å². The van der Waals surface area contributed by atoms with Gasteiger partial charge in [-0.3, -0.25) is 4.55 Å². The van der Waals surface area contributed by atoms with Gasteiger partial charge in [-0.1, -0.05) is 13.8 Å². The number of carbonyl (C=O) groups excluding carboxylic acids is 2. The van der Waals surface area contributed by atoms with Crippen LogP contribution in [0.3, 0.4) is 0 Å². The topological polar surface area (TPSA) is 135 Å². The molecule has 0 saturated heterocycles. The second kappa shape index (κ2) is 6.14. The first-order valence-corrected chi connectivity index (χ1v) is 6.94. The first-order valence-electron chi connectivity index (χ1n) is 5.33. The molecule has 1 atom stereocenters. The minimum atomic E-state index is -4.22. The highest BCUT2D eigenvalue weighted by Gasteiger charge is 2.31. The van der Waals surface area contributed by atoms with Crippen molar-refractivity contribution in [2.45, 2.75) is 33.1 Å². The number of aliphatic carboxylic acids is 2. The molecule has 0 bridgehead atoms. The molecule has 0 rings (SSSR count). The summed E-state index contributed by atoms with van der Waals surface area (Å²) >= 11 is 0. The largest absolute Gasteiger partial charge is 0.550 e. The lowest BCUT2D eigenvalue weighted by Gasteiger charge is -2.35. The third-order valence-electron chi connectivity index (χ3n) is 2.97. The van der Waals surface area contributed by atoms with E-state index in [1.54, 1.807) is 0 Å². The lowest BCUT2D eigenvalue weighted by molar-refractivity contribution is -0.321. The van der Waals surface area contributed by atoms with Crippen LogP contribution in [-0.4, -0.2) is 30.7 Å². The van der Waals surface area contributed by atoms with Crippen LogP contribution in [0.2, 0.25) is 0 Å². The Bertz CT molecular complexity index is 410. The van der Waals surface area contributed by atoms with Crippen LogP contribution in [-0.2, 0) is 19.7 Å². The zero-order chi connectivity index (χ0) is 14.6. The molecule has 0 aromatic rings. The Balaban J connectivity index is 4.82. The SMILES string of the molecule is CC(C)(C(=O)[O-])C(CCC(=O)[O-])CCS(=O)(=O)O. The second-order valence-electron chi connectivity index (χ2n) is 4.69. The maximum atomic E-state index is 10.9. The van der Waals surface area contributed by atoms with Gasteiger partial charge in [-0.15, -0.1) is 0 Å². The van der Waals surface area contributed by atoms with Gasteiger partial charge in [-0.25, -0.2) is 0 Å². The molecule has 0 aliphatic carbocycles. The molecule has 1 unspecified atom stereocenters. The van der Waals surface area contributed by atoms with Gasteiger partial charge in [-0.2, -0.15) is 8.42 Å². The molecular formula is C10H16O7S-2. The molecule has 0 aromatic carbocycles. The van der Waals surface area contributed by atoms with Crippen LogP contribution in [0.5, 0.6) is 0 Å². The van der Waals surface area contributed by atoms with Crippen LogP contribution in [0, 0.1) is 11.3 Å². The van der Waals surface area contributed by atoms with Crippen molar-refractivity contribution in [2.24, 2.45) is 11.3 Å². The van der Waals surface area contributed by atoms with Gasteiger partial charge in [0.15, 0.2) is 0 Å². The molecule has 0 amide bonds. The molecule has 7 nitrogen and oxygen atoms in total. The van der Waals surface area contributed by atoms with Crippen molar-refractivity contribution in [3.05, 3.63) is 0 Å². The zero-order valence-corrected chi connectivity index (χ0v) is 11.0. The number of hydrogen-bond donors (Lipinski definition) is 1. The predicted molar refractivity (Wildman–Crippen MR) is 57.6 cm³/mol. The number of carboxylic acids is 2. The first kappa shape index (κ1) is 16.9. The van der Waals surface area contributed by atoms with E-state index in [4.69, 9.17) is 4.55 Å². The van der Waals surface area contributed by atoms with Crippen LogP contribution in [0.1, 0.15) is 33.1 Å². The maximum Gasteiger partial charge on any atom is 0.264 e. The van der Waals surface area contributed by atoms with E-state index in [2.05, 4.69) is 0 Å². The predicted octanol–water partition coefficient (Wildman–Crippen LogP) is -1.81. The Hall–Kier alpha value is -1.15. The fourth-order valence-corrected chi connectivity index (χ4v) is 2.20. The number of hydrogen-bond acceptors (Lipinski definition) is 6. The van der Waals surface area contributed by atoms with Gasteiger partial charge in [0.1, 0.15) is 0 Å². The molecular weight excluding hydrogens is 264 g/mol. The van der Waals surface area contributed by atoms with Crippen LogP contribution in [0.15, 0.2) is 0 Å². The van der Waals surface area contributed by atoms with E-state index < -0.39 is 39.1 Å². The highest BCUT2D eigenvalue weighted by molar-refractivity contribution is 7.85. The third-order valence-corrected chi connectivity index (χ3v) is 3.72. The summed E-state index contributed by atoms with van der Waals surface area (Å²) in [6.45, 7) is 2.65. The molecule has 0 aliphatic rings. The summed E-state index contributed by atoms with van der Waals surface area (Å²) in [6, 6.07) is 0. The van der Waals surface area contributed by atoms with Gasteiger partial charge < -0.3 is 19.8 Å². The highest BCUT2D eigenvalue weighted by atomic mass is 32.2. The Kier molecular flexibility index (Phi) is 5.75. The summed E-state index contributed by atoms with van der Waals surface area (Å²) in [4.78, 5) is 21.3. The normalized spacial score (nSPS) is 14.2. The second-order valence-corrected chi connectivity index (χ2v) is 6.26. The fraction of sp³-hybridized carbons (Fsp3) is 0.800. The standard InChI is InChI=1S/C10H18O7S/c1-10(2,9(13)14)7(3-4-8(11)12)5-6-18(15,16)17/h7H,3-6H2,1-2H3,(H,11,12)(H,13,14)(H,15,16,17)/p-2. The minimum Gasteiger partial charge on any atom is -0.550 e. The van der Waals surface area contributed by atoms with Crippen molar-refractivity contribution in [2.75, 3.05) is 5.75 Å². The Morgan fingerprint density at radius 2 is 1.72 bits per heavy atom. The average molecular weight is 280 g/mol. The van der Waals surface area contributed by atoms with Crippen molar-refractivity contribution in [3.8, 4) is 0 Å². The zero-order valence-electron chi connectivity index (χ0n) is 10.2. The maximum absolute atomic E-state index is 10.9. The number of carbonyl (C=O) groups is 2. The molecule has 0 fully saturated rings. The third kappa shape index (κ3) is 5.97. The van der Waals surface area contributed by atoms with Crippen LogP contribution >= 0.6 is 0 Å². The smallest absolute Gasteiger partial charge is 0.264 e. The number of carboxylic acid groups (broad SMARTS) is 2. The average Bonchev–Trinajstić information content (AvgIpc) is 2.14. The van der Waals surface area contributed by atoms with E-state index in [1.165, 1.54) is 13.8 Å². The molecule has 0 aromatic heterocycles. The Labute approximate surface area is 106 Å². The molecule has 0 saturated carbocycles. The van der Waals surface area contributed by atoms with Crippen LogP contribution in [0.4, 0.5) is 0 Å². The molecule has 106 valence electrons. The van der Waals surface area contributed by atoms with E-state index in [0.29, 0.717) is 0 Å². The van der Waals surface area contributed by atoms with E-state index in [0.717, 1.165) is 0 Å². The summed E-state index contributed by atoms with van der Waals surface area (Å²) in [6.07, 6.45) is -0.598. The van der Waals surface area contributed by atoms with Crippen molar-refractivity contribution in [3.63, 3.8) is 0 Å². The molecule has 1 N–H and O–H groups in total. The summed E-state index contributed by atoms with van der Waals surface area (Å²) in [5, 5.41) is 21.3. The van der Waals surface area contributed by atoms with Gasteiger partial charge in [0.05, 0.1) is 5.75 Å². The molecule has 0 aliphatic heterocycles. The molecule has 8 heteroatoms. The minimum absolute atomic E-state index is 0.0567. The van der Waals surface area contributed by atoms with E-state index >= 15 is 0 Å². The highest BCUT2D eigenvalue weighted by Crippen LogP contribution is 2.33. The van der Waals surface area contributed by atoms with Gasteiger partial charge >= 0.3 is 0 Å². The summed E-state index contributed by atoms with van der Waals surface area (Å²) in [7, 11) is -4.22. The van der Waals surface area contributed by atoms with Gasteiger partial charge in [-0.05, 0) is 25.2 Å². The monoisotopic (exact) mass is 280 g/mol.